The Kier molecular flexibility index (Phi) is 4.74. The van der Waals surface area contributed by atoms with Gasteiger partial charge < -0.3 is 10.1 Å². The van der Waals surface area contributed by atoms with Crippen molar-refractivity contribution in [2.75, 3.05) is 20.2 Å². The molecule has 1 saturated heterocycles. The lowest BCUT2D eigenvalue weighted by atomic mass is 9.78. The van der Waals surface area contributed by atoms with E-state index >= 15 is 0 Å². The summed E-state index contributed by atoms with van der Waals surface area (Å²) < 4.78 is 18.4. The summed E-state index contributed by atoms with van der Waals surface area (Å²) in [6, 6.07) is 15.3. The molecule has 22 heavy (non-hydrogen) atoms. The van der Waals surface area contributed by atoms with E-state index in [1.54, 1.807) is 19.2 Å². The first kappa shape index (κ1) is 15.0. The zero-order chi connectivity index (χ0) is 15.4. The fourth-order valence-corrected chi connectivity index (χ4v) is 3.35. The molecule has 0 bridgehead atoms. The van der Waals surface area contributed by atoms with E-state index in [-0.39, 0.29) is 5.82 Å². The third-order valence-corrected chi connectivity index (χ3v) is 4.56. The number of benzene rings is 2. The summed E-state index contributed by atoms with van der Waals surface area (Å²) in [6.07, 6.45) is 2.13. The van der Waals surface area contributed by atoms with Gasteiger partial charge in [0.15, 0.2) is 0 Å². The number of halogens is 1. The summed E-state index contributed by atoms with van der Waals surface area (Å²) in [7, 11) is 1.69. The van der Waals surface area contributed by atoms with Gasteiger partial charge in [-0.15, -0.1) is 0 Å². The van der Waals surface area contributed by atoms with Crippen molar-refractivity contribution in [2.45, 2.75) is 18.8 Å². The van der Waals surface area contributed by atoms with Crippen LogP contribution >= 0.6 is 0 Å². The first-order valence-electron chi connectivity index (χ1n) is 7.85. The van der Waals surface area contributed by atoms with Gasteiger partial charge in [-0.25, -0.2) is 4.39 Å². The van der Waals surface area contributed by atoms with Crippen LogP contribution in [0.25, 0.3) is 0 Å². The van der Waals surface area contributed by atoms with Crippen LogP contribution in [-0.2, 0) is 6.42 Å². The Hall–Kier alpha value is -1.87. The zero-order valence-electron chi connectivity index (χ0n) is 12.9. The molecule has 0 saturated carbocycles. The largest absolute Gasteiger partial charge is 0.497 e. The Morgan fingerprint density at radius 2 is 1.82 bits per heavy atom. The highest BCUT2D eigenvalue weighted by Crippen LogP contribution is 2.33. The van der Waals surface area contributed by atoms with Crippen molar-refractivity contribution >= 4 is 0 Å². The molecule has 3 heteroatoms. The molecule has 1 aliphatic heterocycles. The number of rotatable bonds is 4. The molecule has 0 aromatic heterocycles. The third-order valence-electron chi connectivity index (χ3n) is 4.56. The molecule has 1 N–H and O–H groups in total. The summed E-state index contributed by atoms with van der Waals surface area (Å²) in [6.45, 7) is 2.04. The van der Waals surface area contributed by atoms with Gasteiger partial charge in [-0.05, 0) is 73.2 Å². The fourth-order valence-electron chi connectivity index (χ4n) is 3.35. The standard InChI is InChI=1S/C19H22FNO/c1-22-18-8-2-14(3-9-18)12-16-13-21-11-10-19(16)15-4-6-17(20)7-5-15/h2-9,16,19,21H,10-13H2,1H3/t16-,19+/m1/s1. The molecular formula is C19H22FNO. The minimum absolute atomic E-state index is 0.163. The van der Waals surface area contributed by atoms with Gasteiger partial charge in [0.1, 0.15) is 11.6 Å². The van der Waals surface area contributed by atoms with Gasteiger partial charge in [-0.1, -0.05) is 24.3 Å². The quantitative estimate of drug-likeness (QED) is 0.928. The average Bonchev–Trinajstić information content (AvgIpc) is 2.57. The van der Waals surface area contributed by atoms with Crippen molar-refractivity contribution in [1.82, 2.24) is 5.32 Å². The minimum Gasteiger partial charge on any atom is -0.497 e. The monoisotopic (exact) mass is 299 g/mol. The molecule has 2 aromatic rings. The second kappa shape index (κ2) is 6.93. The molecule has 1 heterocycles. The minimum atomic E-state index is -0.163. The van der Waals surface area contributed by atoms with Crippen molar-refractivity contribution in [3.63, 3.8) is 0 Å². The fraction of sp³-hybridized carbons (Fsp3) is 0.368. The first-order valence-corrected chi connectivity index (χ1v) is 7.85. The Morgan fingerprint density at radius 3 is 2.50 bits per heavy atom. The van der Waals surface area contributed by atoms with E-state index in [2.05, 4.69) is 17.4 Å². The summed E-state index contributed by atoms with van der Waals surface area (Å²) in [5.74, 6) is 1.75. The van der Waals surface area contributed by atoms with Gasteiger partial charge in [0, 0.05) is 0 Å². The maximum Gasteiger partial charge on any atom is 0.123 e. The molecule has 2 nitrogen and oxygen atoms in total. The average molecular weight is 299 g/mol. The molecule has 0 spiro atoms. The third kappa shape index (κ3) is 3.47. The smallest absolute Gasteiger partial charge is 0.123 e. The molecule has 2 aromatic carbocycles. The number of piperidine rings is 1. The zero-order valence-corrected chi connectivity index (χ0v) is 12.9. The van der Waals surface area contributed by atoms with Crippen molar-refractivity contribution in [3.8, 4) is 5.75 Å². The van der Waals surface area contributed by atoms with E-state index in [1.807, 2.05) is 24.3 Å². The topological polar surface area (TPSA) is 21.3 Å². The Labute approximate surface area is 131 Å². The summed E-state index contributed by atoms with van der Waals surface area (Å²) in [4.78, 5) is 0. The molecule has 2 atom stereocenters. The van der Waals surface area contributed by atoms with Gasteiger partial charge in [-0.3, -0.25) is 0 Å². The van der Waals surface area contributed by atoms with Crippen LogP contribution in [0.5, 0.6) is 5.75 Å². The highest BCUT2D eigenvalue weighted by Gasteiger charge is 2.26. The van der Waals surface area contributed by atoms with Gasteiger partial charge in [0.2, 0.25) is 0 Å². The Bertz CT molecular complexity index is 594. The highest BCUT2D eigenvalue weighted by atomic mass is 19.1. The van der Waals surface area contributed by atoms with Crippen molar-refractivity contribution in [3.05, 3.63) is 65.5 Å². The van der Waals surface area contributed by atoms with Crippen molar-refractivity contribution in [1.29, 1.82) is 0 Å². The van der Waals surface area contributed by atoms with Crippen LogP contribution in [0.15, 0.2) is 48.5 Å². The SMILES string of the molecule is COc1ccc(C[C@@H]2CNCC[C@H]2c2ccc(F)cc2)cc1. The molecular weight excluding hydrogens is 277 g/mol. The van der Waals surface area contributed by atoms with Crippen LogP contribution < -0.4 is 10.1 Å². The number of hydrogen-bond donors (Lipinski definition) is 1. The van der Waals surface area contributed by atoms with Crippen molar-refractivity contribution in [2.24, 2.45) is 5.92 Å². The van der Waals surface area contributed by atoms with E-state index in [1.165, 1.54) is 11.1 Å². The van der Waals surface area contributed by atoms with Crippen LogP contribution in [0.4, 0.5) is 4.39 Å². The molecule has 1 fully saturated rings. The molecule has 0 unspecified atom stereocenters. The molecule has 0 aliphatic carbocycles. The predicted molar refractivity (Wildman–Crippen MR) is 86.8 cm³/mol. The highest BCUT2D eigenvalue weighted by molar-refractivity contribution is 5.29. The normalized spacial score (nSPS) is 21.5. The van der Waals surface area contributed by atoms with E-state index in [9.17, 15) is 4.39 Å². The van der Waals surface area contributed by atoms with Gasteiger partial charge >= 0.3 is 0 Å². The number of methoxy groups -OCH3 is 1. The van der Waals surface area contributed by atoms with Gasteiger partial charge in [-0.2, -0.15) is 0 Å². The lowest BCUT2D eigenvalue weighted by molar-refractivity contribution is 0.324. The summed E-state index contributed by atoms with van der Waals surface area (Å²) in [5, 5.41) is 3.49. The summed E-state index contributed by atoms with van der Waals surface area (Å²) >= 11 is 0. The predicted octanol–water partition coefficient (Wildman–Crippen LogP) is 3.77. The van der Waals surface area contributed by atoms with Crippen LogP contribution in [0.1, 0.15) is 23.5 Å². The lowest BCUT2D eigenvalue weighted by Gasteiger charge is -2.33. The van der Waals surface area contributed by atoms with Crippen LogP contribution in [-0.4, -0.2) is 20.2 Å². The Balaban J connectivity index is 1.75. The number of ether oxygens (including phenoxy) is 1. The second-order valence-corrected chi connectivity index (χ2v) is 5.96. The van der Waals surface area contributed by atoms with Crippen molar-refractivity contribution < 1.29 is 9.13 Å². The number of hydrogen-bond acceptors (Lipinski definition) is 2. The molecule has 3 rings (SSSR count). The Morgan fingerprint density at radius 1 is 1.09 bits per heavy atom. The van der Waals surface area contributed by atoms with E-state index in [0.29, 0.717) is 11.8 Å². The number of nitrogens with one attached hydrogen (secondary N) is 1. The second-order valence-electron chi connectivity index (χ2n) is 5.96. The van der Waals surface area contributed by atoms with E-state index < -0.39 is 0 Å². The van der Waals surface area contributed by atoms with Crippen LogP contribution in [0.2, 0.25) is 0 Å². The maximum absolute atomic E-state index is 13.1. The summed E-state index contributed by atoms with van der Waals surface area (Å²) in [5.41, 5.74) is 2.57. The van der Waals surface area contributed by atoms with Crippen LogP contribution in [0.3, 0.4) is 0 Å². The first-order chi connectivity index (χ1) is 10.8. The lowest BCUT2D eigenvalue weighted by Crippen LogP contribution is -2.36. The van der Waals surface area contributed by atoms with Gasteiger partial charge in [0.25, 0.3) is 0 Å². The molecule has 1 aliphatic rings. The van der Waals surface area contributed by atoms with E-state index in [0.717, 1.165) is 31.7 Å². The van der Waals surface area contributed by atoms with Gasteiger partial charge in [0.05, 0.1) is 7.11 Å². The van der Waals surface area contributed by atoms with Crippen LogP contribution in [0, 0.1) is 11.7 Å². The van der Waals surface area contributed by atoms with E-state index in [4.69, 9.17) is 4.74 Å². The molecule has 0 radical (unpaired) electrons. The maximum atomic E-state index is 13.1. The molecule has 0 amide bonds. The molecule has 116 valence electrons.